The van der Waals surface area contributed by atoms with Gasteiger partial charge in [-0.05, 0) is 43.0 Å². The summed E-state index contributed by atoms with van der Waals surface area (Å²) in [5.41, 5.74) is 1.80. The van der Waals surface area contributed by atoms with Gasteiger partial charge in [0.05, 0.1) is 4.90 Å². The van der Waals surface area contributed by atoms with Gasteiger partial charge in [0.2, 0.25) is 10.0 Å². The number of piperazine rings is 1. The van der Waals surface area contributed by atoms with E-state index in [0.29, 0.717) is 50.6 Å². The Morgan fingerprint density at radius 3 is 2.28 bits per heavy atom. The van der Waals surface area contributed by atoms with Crippen LogP contribution in [-0.2, 0) is 26.2 Å². The minimum atomic E-state index is -3.65. The number of rotatable bonds is 5. The molecule has 4 rings (SSSR count). The Kier molecular flexibility index (Phi) is 6.55. The number of carbonyl (C=O) groups excluding carboxylic acids is 2. The summed E-state index contributed by atoms with van der Waals surface area (Å²) in [6, 6.07) is 14.2. The van der Waals surface area contributed by atoms with E-state index in [-0.39, 0.29) is 10.9 Å². The number of sulfonamides is 1. The van der Waals surface area contributed by atoms with E-state index < -0.39 is 21.8 Å². The molecular weight excluding hydrogens is 450 g/mol. The Labute approximate surface area is 193 Å². The first-order valence-electron chi connectivity index (χ1n) is 10.7. The molecule has 0 spiro atoms. The molecule has 170 valence electrons. The lowest BCUT2D eigenvalue weighted by atomic mass is 10.0. The first-order valence-corrected chi connectivity index (χ1v) is 12.5. The molecule has 0 atom stereocenters. The van der Waals surface area contributed by atoms with E-state index >= 15 is 0 Å². The highest BCUT2D eigenvalue weighted by Crippen LogP contribution is 2.27. The van der Waals surface area contributed by atoms with Gasteiger partial charge in [-0.25, -0.2) is 8.42 Å². The van der Waals surface area contributed by atoms with Crippen LogP contribution in [0.1, 0.15) is 24.0 Å². The molecule has 2 heterocycles. The fraction of sp³-hybridized carbons (Fsp3) is 0.391. The van der Waals surface area contributed by atoms with Crippen LogP contribution in [0.3, 0.4) is 0 Å². The summed E-state index contributed by atoms with van der Waals surface area (Å²) in [6.07, 6.45) is 0.993. The van der Waals surface area contributed by atoms with Gasteiger partial charge >= 0.3 is 11.8 Å². The summed E-state index contributed by atoms with van der Waals surface area (Å²) in [4.78, 5) is 28.8. The van der Waals surface area contributed by atoms with Gasteiger partial charge in [0.15, 0.2) is 0 Å². The number of hydrogen-bond donors (Lipinski definition) is 0. The molecule has 0 aromatic heterocycles. The molecule has 32 heavy (non-hydrogen) atoms. The van der Waals surface area contributed by atoms with Crippen LogP contribution in [0.15, 0.2) is 53.4 Å². The second-order valence-corrected chi connectivity index (χ2v) is 10.6. The maximum atomic E-state index is 13.0. The molecule has 2 saturated heterocycles. The highest BCUT2D eigenvalue weighted by atomic mass is 35.5. The van der Waals surface area contributed by atoms with Crippen molar-refractivity contribution in [3.63, 3.8) is 0 Å². The van der Waals surface area contributed by atoms with Gasteiger partial charge in [-0.2, -0.15) is 4.31 Å². The van der Waals surface area contributed by atoms with Crippen molar-refractivity contribution in [3.8, 4) is 0 Å². The quantitative estimate of drug-likeness (QED) is 0.623. The monoisotopic (exact) mass is 475 g/mol. The maximum absolute atomic E-state index is 13.0. The lowest BCUT2D eigenvalue weighted by Crippen LogP contribution is -2.58. The fourth-order valence-corrected chi connectivity index (χ4v) is 6.01. The SMILES string of the molecule is Cc1ccc(S(=O)(=O)N2CCC(N3CCN(Cc4ccccc4)C(=O)C3=O)CC2)cc1Cl. The third-order valence-electron chi connectivity index (χ3n) is 6.20. The zero-order valence-electron chi connectivity index (χ0n) is 17.9. The summed E-state index contributed by atoms with van der Waals surface area (Å²) >= 11 is 6.11. The highest BCUT2D eigenvalue weighted by Gasteiger charge is 2.39. The topological polar surface area (TPSA) is 78.0 Å². The van der Waals surface area contributed by atoms with Crippen molar-refractivity contribution in [1.29, 1.82) is 0 Å². The molecule has 2 amide bonds. The van der Waals surface area contributed by atoms with Gasteiger partial charge in [-0.15, -0.1) is 0 Å². The summed E-state index contributed by atoms with van der Waals surface area (Å²) in [6.45, 7) is 3.76. The van der Waals surface area contributed by atoms with Crippen LogP contribution < -0.4 is 0 Å². The first kappa shape index (κ1) is 22.8. The molecule has 0 aliphatic carbocycles. The largest absolute Gasteiger partial charge is 0.330 e. The molecule has 2 aromatic carbocycles. The van der Waals surface area contributed by atoms with Crippen LogP contribution in [0.5, 0.6) is 0 Å². The summed E-state index contributed by atoms with van der Waals surface area (Å²) in [7, 11) is -3.65. The Balaban J connectivity index is 1.37. The summed E-state index contributed by atoms with van der Waals surface area (Å²) in [5, 5.41) is 0.415. The molecule has 0 bridgehead atoms. The van der Waals surface area contributed by atoms with E-state index in [1.165, 1.54) is 10.4 Å². The number of hydrogen-bond acceptors (Lipinski definition) is 4. The zero-order chi connectivity index (χ0) is 22.9. The molecule has 0 saturated carbocycles. The zero-order valence-corrected chi connectivity index (χ0v) is 19.5. The van der Waals surface area contributed by atoms with E-state index in [1.54, 1.807) is 21.9 Å². The Morgan fingerprint density at radius 2 is 1.62 bits per heavy atom. The number of nitrogens with zero attached hydrogens (tertiary/aromatic N) is 3. The summed E-state index contributed by atoms with van der Waals surface area (Å²) < 4.78 is 27.4. The van der Waals surface area contributed by atoms with Crippen molar-refractivity contribution in [2.45, 2.75) is 37.2 Å². The Morgan fingerprint density at radius 1 is 0.938 bits per heavy atom. The number of benzene rings is 2. The standard InChI is InChI=1S/C23H26ClN3O4S/c1-17-7-8-20(15-21(17)24)32(30,31)26-11-9-19(10-12-26)27-14-13-25(22(28)23(27)29)16-18-5-3-2-4-6-18/h2-8,15,19H,9-14,16H2,1H3. The number of carbonyl (C=O) groups is 2. The average molecular weight is 476 g/mol. The highest BCUT2D eigenvalue weighted by molar-refractivity contribution is 7.89. The smallest absolute Gasteiger partial charge is 0.312 e. The number of piperidine rings is 1. The number of halogens is 1. The lowest BCUT2D eigenvalue weighted by molar-refractivity contribution is -0.158. The molecule has 2 aliphatic heterocycles. The average Bonchev–Trinajstić information content (AvgIpc) is 2.79. The van der Waals surface area contributed by atoms with Gasteiger partial charge in [-0.1, -0.05) is 48.0 Å². The van der Waals surface area contributed by atoms with Crippen molar-refractivity contribution >= 4 is 33.4 Å². The van der Waals surface area contributed by atoms with Crippen LogP contribution in [-0.4, -0.2) is 66.6 Å². The second-order valence-electron chi connectivity index (χ2n) is 8.26. The maximum Gasteiger partial charge on any atom is 0.312 e. The number of aryl methyl sites for hydroxylation is 1. The van der Waals surface area contributed by atoms with Gasteiger partial charge in [-0.3, -0.25) is 9.59 Å². The van der Waals surface area contributed by atoms with Crippen molar-refractivity contribution in [1.82, 2.24) is 14.1 Å². The third-order valence-corrected chi connectivity index (χ3v) is 8.51. The van der Waals surface area contributed by atoms with Gasteiger partial charge in [0.1, 0.15) is 0 Å². The summed E-state index contributed by atoms with van der Waals surface area (Å²) in [5.74, 6) is -0.997. The Bertz CT molecular complexity index is 1120. The molecule has 0 unspecified atom stereocenters. The van der Waals surface area contributed by atoms with Gasteiger partial charge in [0.25, 0.3) is 0 Å². The molecule has 2 fully saturated rings. The van der Waals surface area contributed by atoms with Gasteiger partial charge in [0, 0.05) is 43.8 Å². The van der Waals surface area contributed by atoms with Crippen LogP contribution in [0.2, 0.25) is 5.02 Å². The molecule has 0 N–H and O–H groups in total. The van der Waals surface area contributed by atoms with Crippen LogP contribution in [0, 0.1) is 6.92 Å². The number of amides is 2. The van der Waals surface area contributed by atoms with E-state index in [4.69, 9.17) is 11.6 Å². The van der Waals surface area contributed by atoms with Gasteiger partial charge < -0.3 is 9.80 Å². The molecule has 2 aromatic rings. The molecular formula is C23H26ClN3O4S. The Hall–Kier alpha value is -2.42. The second kappa shape index (κ2) is 9.21. The van der Waals surface area contributed by atoms with Crippen molar-refractivity contribution in [3.05, 3.63) is 64.7 Å². The molecule has 2 aliphatic rings. The predicted molar refractivity (Wildman–Crippen MR) is 122 cm³/mol. The van der Waals surface area contributed by atoms with Crippen molar-refractivity contribution in [2.75, 3.05) is 26.2 Å². The molecule has 7 nitrogen and oxygen atoms in total. The van der Waals surface area contributed by atoms with Crippen molar-refractivity contribution in [2.24, 2.45) is 0 Å². The lowest BCUT2D eigenvalue weighted by Gasteiger charge is -2.41. The van der Waals surface area contributed by atoms with Crippen molar-refractivity contribution < 1.29 is 18.0 Å². The third kappa shape index (κ3) is 4.53. The fourth-order valence-electron chi connectivity index (χ4n) is 4.27. The minimum Gasteiger partial charge on any atom is -0.330 e. The van der Waals surface area contributed by atoms with Crippen LogP contribution in [0.4, 0.5) is 0 Å². The van der Waals surface area contributed by atoms with E-state index in [9.17, 15) is 18.0 Å². The predicted octanol–water partition coefficient (Wildman–Crippen LogP) is 2.67. The minimum absolute atomic E-state index is 0.140. The first-order chi connectivity index (χ1) is 15.3. The van der Waals surface area contributed by atoms with Crippen LogP contribution in [0.25, 0.3) is 0 Å². The normalized spacial score (nSPS) is 18.9. The molecule has 9 heteroatoms. The van der Waals surface area contributed by atoms with Crippen LogP contribution >= 0.6 is 11.6 Å². The van der Waals surface area contributed by atoms with E-state index in [1.807, 2.05) is 37.3 Å². The van der Waals surface area contributed by atoms with E-state index in [0.717, 1.165) is 11.1 Å². The van der Waals surface area contributed by atoms with E-state index in [2.05, 4.69) is 0 Å². The molecule has 0 radical (unpaired) electrons.